The van der Waals surface area contributed by atoms with E-state index in [1.165, 1.54) is 27.8 Å². The van der Waals surface area contributed by atoms with Crippen LogP contribution < -0.4 is 5.32 Å². The van der Waals surface area contributed by atoms with Crippen LogP contribution in [-0.4, -0.2) is 25.9 Å². The van der Waals surface area contributed by atoms with Gasteiger partial charge in [-0.05, 0) is 63.4 Å². The van der Waals surface area contributed by atoms with Gasteiger partial charge in [-0.25, -0.2) is 0 Å². The molecule has 1 unspecified atom stereocenters. The van der Waals surface area contributed by atoms with Gasteiger partial charge in [-0.3, -0.25) is 4.79 Å². The summed E-state index contributed by atoms with van der Waals surface area (Å²) in [6, 6.07) is 14.5. The summed E-state index contributed by atoms with van der Waals surface area (Å²) in [7, 11) is 0. The van der Waals surface area contributed by atoms with Crippen molar-refractivity contribution >= 4 is 35.1 Å². The number of amides is 1. The van der Waals surface area contributed by atoms with E-state index in [-0.39, 0.29) is 11.2 Å². The number of aryl methyl sites for hydroxylation is 2. The van der Waals surface area contributed by atoms with Crippen LogP contribution in [0.3, 0.4) is 0 Å². The van der Waals surface area contributed by atoms with Gasteiger partial charge in [-0.15, -0.1) is 22.0 Å². The van der Waals surface area contributed by atoms with E-state index in [1.54, 1.807) is 11.8 Å². The molecule has 0 saturated carbocycles. The van der Waals surface area contributed by atoms with Crippen molar-refractivity contribution in [2.45, 2.75) is 68.6 Å². The minimum Gasteiger partial charge on any atom is -0.325 e. The first kappa shape index (κ1) is 23.4. The van der Waals surface area contributed by atoms with Gasteiger partial charge in [0.15, 0.2) is 5.16 Å². The molecule has 0 aliphatic rings. The second kappa shape index (κ2) is 10.9. The first-order valence-corrected chi connectivity index (χ1v) is 12.4. The molecule has 1 amide bonds. The highest BCUT2D eigenvalue weighted by Gasteiger charge is 2.23. The van der Waals surface area contributed by atoms with Crippen LogP contribution in [0.2, 0.25) is 0 Å². The number of nitrogens with one attached hydrogen (secondary N) is 1. The highest BCUT2D eigenvalue weighted by Crippen LogP contribution is 2.29. The molecule has 31 heavy (non-hydrogen) atoms. The highest BCUT2D eigenvalue weighted by atomic mass is 32.2. The van der Waals surface area contributed by atoms with E-state index in [0.29, 0.717) is 6.42 Å². The smallest absolute Gasteiger partial charge is 0.237 e. The molecule has 3 aromatic rings. The molecular formula is C24H30N4OS2. The number of carbonyl (C=O) groups excluding carboxylic acids is 1. The first-order valence-electron chi connectivity index (χ1n) is 10.6. The summed E-state index contributed by atoms with van der Waals surface area (Å²) in [6.07, 6.45) is 0.714. The van der Waals surface area contributed by atoms with Gasteiger partial charge in [0.05, 0.1) is 11.0 Å². The Labute approximate surface area is 193 Å². The van der Waals surface area contributed by atoms with Crippen LogP contribution in [0, 0.1) is 20.8 Å². The van der Waals surface area contributed by atoms with E-state index in [9.17, 15) is 4.79 Å². The summed E-state index contributed by atoms with van der Waals surface area (Å²) >= 11 is 3.24. The Balaban J connectivity index is 1.69. The Morgan fingerprint density at radius 1 is 1.06 bits per heavy atom. The Kier molecular flexibility index (Phi) is 8.21. The summed E-state index contributed by atoms with van der Waals surface area (Å²) in [5, 5.41) is 12.5. The van der Waals surface area contributed by atoms with Crippen LogP contribution in [0.5, 0.6) is 0 Å². The molecule has 0 fully saturated rings. The number of aromatic nitrogens is 3. The van der Waals surface area contributed by atoms with E-state index in [4.69, 9.17) is 0 Å². The van der Waals surface area contributed by atoms with Crippen molar-refractivity contribution in [2.24, 2.45) is 0 Å². The zero-order valence-electron chi connectivity index (χ0n) is 18.8. The van der Waals surface area contributed by atoms with Crippen molar-refractivity contribution in [1.82, 2.24) is 14.8 Å². The third kappa shape index (κ3) is 5.92. The number of anilines is 1. The average molecular weight is 455 g/mol. The minimum absolute atomic E-state index is 0.00225. The number of hydrogen-bond acceptors (Lipinski definition) is 5. The van der Waals surface area contributed by atoms with Crippen LogP contribution in [-0.2, 0) is 17.1 Å². The van der Waals surface area contributed by atoms with E-state index in [1.807, 2.05) is 26.0 Å². The highest BCUT2D eigenvalue weighted by molar-refractivity contribution is 8.00. The molecular weight excluding hydrogens is 424 g/mol. The summed E-state index contributed by atoms with van der Waals surface area (Å²) in [5.74, 6) is 1.68. The minimum atomic E-state index is -0.230. The Morgan fingerprint density at radius 2 is 1.81 bits per heavy atom. The van der Waals surface area contributed by atoms with Crippen LogP contribution in [0.4, 0.5) is 5.69 Å². The summed E-state index contributed by atoms with van der Waals surface area (Å²) in [5.41, 5.74) is 4.39. The maximum atomic E-state index is 13.0. The van der Waals surface area contributed by atoms with Crippen LogP contribution in [0.1, 0.15) is 42.8 Å². The first-order chi connectivity index (χ1) is 14.9. The fraction of sp³-hybridized carbons (Fsp3) is 0.375. The molecule has 1 N–H and O–H groups in total. The molecule has 0 radical (unpaired) electrons. The van der Waals surface area contributed by atoms with Gasteiger partial charge < -0.3 is 9.88 Å². The molecule has 0 aliphatic carbocycles. The Morgan fingerprint density at radius 3 is 2.48 bits per heavy atom. The van der Waals surface area contributed by atoms with Crippen molar-refractivity contribution in [3.63, 3.8) is 0 Å². The number of rotatable bonds is 9. The lowest BCUT2D eigenvalue weighted by molar-refractivity contribution is -0.115. The topological polar surface area (TPSA) is 59.8 Å². The van der Waals surface area contributed by atoms with Gasteiger partial charge in [0.2, 0.25) is 5.91 Å². The zero-order chi connectivity index (χ0) is 22.4. The van der Waals surface area contributed by atoms with E-state index in [2.05, 4.69) is 71.2 Å². The van der Waals surface area contributed by atoms with Gasteiger partial charge in [0.1, 0.15) is 5.82 Å². The van der Waals surface area contributed by atoms with Crippen molar-refractivity contribution in [3.8, 4) is 0 Å². The molecule has 0 aliphatic heterocycles. The maximum Gasteiger partial charge on any atom is 0.237 e. The third-order valence-corrected chi connectivity index (χ3v) is 7.62. The number of benzene rings is 2. The molecule has 1 aromatic heterocycles. The van der Waals surface area contributed by atoms with Crippen LogP contribution in [0.15, 0.2) is 52.5 Å². The largest absolute Gasteiger partial charge is 0.325 e. The van der Waals surface area contributed by atoms with Crippen molar-refractivity contribution in [3.05, 3.63) is 65.0 Å². The van der Waals surface area contributed by atoms with Gasteiger partial charge in [-0.2, -0.15) is 0 Å². The number of thioether (sulfide) groups is 2. The lowest BCUT2D eigenvalue weighted by Gasteiger charge is -2.16. The van der Waals surface area contributed by atoms with E-state index < -0.39 is 0 Å². The third-order valence-electron chi connectivity index (χ3n) is 5.27. The lowest BCUT2D eigenvalue weighted by atomic mass is 10.1. The molecule has 3 rings (SSSR count). The molecule has 164 valence electrons. The molecule has 1 heterocycles. The zero-order valence-corrected chi connectivity index (χ0v) is 20.4. The lowest BCUT2D eigenvalue weighted by Crippen LogP contribution is -2.25. The van der Waals surface area contributed by atoms with Crippen molar-refractivity contribution in [1.29, 1.82) is 0 Å². The Hall–Kier alpha value is -2.25. The van der Waals surface area contributed by atoms with Gasteiger partial charge >= 0.3 is 0 Å². The van der Waals surface area contributed by atoms with Crippen LogP contribution in [0.25, 0.3) is 0 Å². The Bertz CT molecular complexity index is 1030. The second-order valence-electron chi connectivity index (χ2n) is 7.50. The summed E-state index contributed by atoms with van der Waals surface area (Å²) < 4.78 is 2.11. The molecule has 5 nitrogen and oxygen atoms in total. The molecule has 0 bridgehead atoms. The molecule has 7 heteroatoms. The standard InChI is InChI=1S/C24H30N4OS2/c1-6-21(23(29)25-20-10-8-9-17(4)18(20)5)31-24-27-26-22(28(24)7-2)15-30-19-13-11-16(3)12-14-19/h8-14,21H,6-7,15H2,1-5H3,(H,25,29). The molecule has 0 spiro atoms. The van der Waals surface area contributed by atoms with Crippen molar-refractivity contribution < 1.29 is 4.79 Å². The number of nitrogens with zero attached hydrogens (tertiary/aromatic N) is 3. The molecule has 2 aromatic carbocycles. The number of carbonyl (C=O) groups is 1. The van der Waals surface area contributed by atoms with Crippen LogP contribution >= 0.6 is 23.5 Å². The normalized spacial score (nSPS) is 12.0. The second-order valence-corrected chi connectivity index (χ2v) is 9.71. The predicted molar refractivity (Wildman–Crippen MR) is 131 cm³/mol. The average Bonchev–Trinajstić information content (AvgIpc) is 3.16. The van der Waals surface area contributed by atoms with Crippen molar-refractivity contribution in [2.75, 3.05) is 5.32 Å². The van der Waals surface area contributed by atoms with E-state index in [0.717, 1.165) is 34.5 Å². The van der Waals surface area contributed by atoms with Gasteiger partial charge in [-0.1, -0.05) is 48.5 Å². The number of hydrogen-bond donors (Lipinski definition) is 1. The SMILES string of the molecule is CCC(Sc1nnc(CSc2ccc(C)cc2)n1CC)C(=O)Nc1cccc(C)c1C. The summed E-state index contributed by atoms with van der Waals surface area (Å²) in [4.78, 5) is 14.2. The van der Waals surface area contributed by atoms with Gasteiger partial charge in [0.25, 0.3) is 0 Å². The maximum absolute atomic E-state index is 13.0. The van der Waals surface area contributed by atoms with E-state index >= 15 is 0 Å². The predicted octanol–water partition coefficient (Wildman–Crippen LogP) is 6.02. The quantitative estimate of drug-likeness (QED) is 0.400. The molecule has 0 saturated heterocycles. The monoisotopic (exact) mass is 454 g/mol. The summed E-state index contributed by atoms with van der Waals surface area (Å²) in [6.45, 7) is 11.1. The molecule has 1 atom stereocenters. The fourth-order valence-electron chi connectivity index (χ4n) is 3.16. The van der Waals surface area contributed by atoms with Gasteiger partial charge in [0, 0.05) is 17.1 Å². The fourth-order valence-corrected chi connectivity index (χ4v) is 5.04.